The normalized spacial score (nSPS) is 19.5. The first kappa shape index (κ1) is 46.5. The highest BCUT2D eigenvalue weighted by atomic mass is 31.2. The van der Waals surface area contributed by atoms with E-state index in [1.807, 2.05) is 12.2 Å². The Kier molecular flexibility index (Phi) is 27.9. The van der Waals surface area contributed by atoms with Crippen LogP contribution in [0, 0.1) is 11.8 Å². The number of hydrogen-bond acceptors (Lipinski definition) is 8. The number of aliphatic hydroxyl groups excluding tert-OH is 2. The molecule has 1 fully saturated rings. The number of phosphoric acid groups is 1. The fourth-order valence-electron chi connectivity index (χ4n) is 6.48. The number of unbranched alkanes of at least 4 members (excludes halogenated alkanes) is 17. The van der Waals surface area contributed by atoms with Crippen molar-refractivity contribution in [2.45, 2.75) is 186 Å². The van der Waals surface area contributed by atoms with E-state index in [4.69, 9.17) is 19.3 Å². The van der Waals surface area contributed by atoms with Crippen molar-refractivity contribution in [1.29, 1.82) is 0 Å². The number of rotatable bonds is 33. The molecule has 11 heteroatoms. The van der Waals surface area contributed by atoms with E-state index in [2.05, 4.69) is 18.4 Å². The first-order valence-corrected chi connectivity index (χ1v) is 21.3. The summed E-state index contributed by atoms with van der Waals surface area (Å²) in [6.45, 7) is 3.80. The van der Waals surface area contributed by atoms with Gasteiger partial charge in [-0.15, -0.1) is 0 Å². The Bertz CT molecular complexity index is 965. The highest BCUT2D eigenvalue weighted by Gasteiger charge is 2.39. The maximum atomic E-state index is 12.5. The number of esters is 1. The zero-order valence-corrected chi connectivity index (χ0v) is 32.2. The summed E-state index contributed by atoms with van der Waals surface area (Å²) in [6.07, 6.45) is 28.7. The molecule has 0 amide bonds. The van der Waals surface area contributed by atoms with E-state index in [0.717, 1.165) is 51.4 Å². The van der Waals surface area contributed by atoms with Crippen molar-refractivity contribution >= 4 is 19.6 Å². The van der Waals surface area contributed by atoms with E-state index in [0.29, 0.717) is 19.3 Å². The van der Waals surface area contributed by atoms with Crippen molar-refractivity contribution < 1.29 is 48.2 Å². The zero-order valence-electron chi connectivity index (χ0n) is 31.3. The van der Waals surface area contributed by atoms with Crippen molar-refractivity contribution in [2.24, 2.45) is 11.8 Å². The van der Waals surface area contributed by atoms with E-state index in [-0.39, 0.29) is 37.1 Å². The minimum Gasteiger partial charge on any atom is -0.498 e. The van der Waals surface area contributed by atoms with E-state index >= 15 is 0 Å². The summed E-state index contributed by atoms with van der Waals surface area (Å²) < 4.78 is 26.7. The second kappa shape index (κ2) is 30.0. The molecule has 0 aromatic carbocycles. The number of Topliss-reactive ketones (excluding diaryl/α,β-unsaturated/α-hetero) is 1. The Balaban J connectivity index is 2.27. The van der Waals surface area contributed by atoms with E-state index in [1.54, 1.807) is 12.3 Å². The minimum atomic E-state index is -4.73. The third-order valence-corrected chi connectivity index (χ3v) is 9.95. The molecule has 1 aliphatic carbocycles. The number of ketones is 1. The molecule has 0 heterocycles. The summed E-state index contributed by atoms with van der Waals surface area (Å²) in [6, 6.07) is 0. The average molecular weight is 731 g/mol. The lowest BCUT2D eigenvalue weighted by molar-refractivity contribution is -0.153. The summed E-state index contributed by atoms with van der Waals surface area (Å²) in [4.78, 5) is 43.2. The van der Waals surface area contributed by atoms with Gasteiger partial charge in [-0.25, -0.2) is 4.57 Å². The van der Waals surface area contributed by atoms with Gasteiger partial charge in [-0.1, -0.05) is 135 Å². The number of carbonyl (C=O) groups excluding carboxylic acids is 2. The molecule has 0 unspecified atom stereocenters. The minimum absolute atomic E-state index is 0.0566. The molecule has 1 saturated carbocycles. The van der Waals surface area contributed by atoms with Crippen molar-refractivity contribution in [3.8, 4) is 0 Å². The number of phosphoric ester groups is 1. The average Bonchev–Trinajstić information content (AvgIpc) is 3.34. The molecular weight excluding hydrogens is 659 g/mol. The molecule has 0 spiro atoms. The monoisotopic (exact) mass is 730 g/mol. The first-order chi connectivity index (χ1) is 24.1. The Labute approximate surface area is 303 Å². The van der Waals surface area contributed by atoms with Gasteiger partial charge in [0.05, 0.1) is 25.1 Å². The van der Waals surface area contributed by atoms with Crippen LogP contribution in [-0.2, 0) is 28.2 Å². The van der Waals surface area contributed by atoms with Gasteiger partial charge in [-0.3, -0.25) is 14.1 Å². The van der Waals surface area contributed by atoms with E-state index in [9.17, 15) is 24.4 Å². The van der Waals surface area contributed by atoms with Gasteiger partial charge in [-0.2, -0.15) is 0 Å². The summed E-state index contributed by atoms with van der Waals surface area (Å²) in [5.74, 6) is -0.981. The first-order valence-electron chi connectivity index (χ1n) is 19.8. The maximum Gasteiger partial charge on any atom is 0.469 e. The van der Waals surface area contributed by atoms with Gasteiger partial charge in [0.2, 0.25) is 0 Å². The van der Waals surface area contributed by atoms with Crippen molar-refractivity contribution in [1.82, 2.24) is 0 Å². The van der Waals surface area contributed by atoms with Crippen LogP contribution in [0.3, 0.4) is 0 Å². The Hall–Kier alpha value is -1.55. The van der Waals surface area contributed by atoms with Crippen LogP contribution >= 0.6 is 7.82 Å². The molecule has 0 aromatic heterocycles. The van der Waals surface area contributed by atoms with Crippen molar-refractivity contribution in [2.75, 3.05) is 13.2 Å². The van der Waals surface area contributed by atoms with Crippen LogP contribution in [0.1, 0.15) is 168 Å². The van der Waals surface area contributed by atoms with Gasteiger partial charge in [0.15, 0.2) is 6.10 Å². The third kappa shape index (κ3) is 25.4. The summed E-state index contributed by atoms with van der Waals surface area (Å²) in [5.41, 5.74) is 0. The van der Waals surface area contributed by atoms with Gasteiger partial charge >= 0.3 is 13.8 Å². The quantitative estimate of drug-likeness (QED) is 0.0169. The van der Waals surface area contributed by atoms with Crippen LogP contribution in [0.2, 0.25) is 0 Å². The van der Waals surface area contributed by atoms with Gasteiger partial charge < -0.3 is 29.5 Å². The lowest BCUT2D eigenvalue weighted by Gasteiger charge is -2.18. The summed E-state index contributed by atoms with van der Waals surface area (Å²) >= 11 is 0. The maximum absolute atomic E-state index is 12.5. The Morgan fingerprint density at radius 3 is 2.06 bits per heavy atom. The highest BCUT2D eigenvalue weighted by molar-refractivity contribution is 7.46. The molecule has 0 saturated heterocycles. The molecule has 292 valence electrons. The fourth-order valence-corrected chi connectivity index (χ4v) is 6.84. The molecule has 0 bridgehead atoms. The molecule has 50 heavy (non-hydrogen) atoms. The fraction of sp³-hybridized carbons (Fsp3) is 0.846. The second-order valence-electron chi connectivity index (χ2n) is 14.1. The zero-order chi connectivity index (χ0) is 36.9. The standard InChI is InChI=1S/C39H71O10P/c1-3-5-7-8-9-10-11-12-13-14-15-16-19-23-29-47-31-34(32-48-50(44,45)46)49-39(43)26-22-18-17-21-25-35-36(38(42)30-37(35)41)28-27-33(40)24-20-6-4-2/h23,27-29,33-36,38,40,42H,3-22,24-26,30-32H2,1-2H3,(H2,44,45,46)/b28-27+,29-23+/t33-,34+,35+,36+,38+/m0/s1. The molecule has 4 N–H and O–H groups in total. The SMILES string of the molecule is CCCCCCCCCCCCCC/C=C/OC[C@H](COP(=O)(O)O)OC(=O)CCCCCC[C@H]1C(=O)C[C@@H](O)[C@@H]1/C=C/[C@@H](O)CCCCC. The third-order valence-electron chi connectivity index (χ3n) is 9.46. The predicted molar refractivity (Wildman–Crippen MR) is 198 cm³/mol. The number of hydrogen-bond donors (Lipinski definition) is 4. The molecule has 0 aromatic rings. The number of carbonyl (C=O) groups is 2. The van der Waals surface area contributed by atoms with Crippen LogP contribution in [0.4, 0.5) is 0 Å². The molecule has 5 atom stereocenters. The van der Waals surface area contributed by atoms with Gasteiger partial charge in [0, 0.05) is 24.7 Å². The molecular formula is C39H71O10P. The lowest BCUT2D eigenvalue weighted by Crippen LogP contribution is -2.27. The van der Waals surface area contributed by atoms with Gasteiger partial charge in [0.25, 0.3) is 0 Å². The Morgan fingerprint density at radius 2 is 1.42 bits per heavy atom. The molecule has 0 radical (unpaired) electrons. The van der Waals surface area contributed by atoms with Crippen LogP contribution < -0.4 is 0 Å². The van der Waals surface area contributed by atoms with Crippen LogP contribution in [0.5, 0.6) is 0 Å². The molecule has 1 aliphatic rings. The van der Waals surface area contributed by atoms with Crippen LogP contribution in [0.25, 0.3) is 0 Å². The van der Waals surface area contributed by atoms with Gasteiger partial charge in [-0.05, 0) is 38.2 Å². The largest absolute Gasteiger partial charge is 0.498 e. The van der Waals surface area contributed by atoms with E-state index in [1.165, 1.54) is 70.6 Å². The molecule has 10 nitrogen and oxygen atoms in total. The smallest absolute Gasteiger partial charge is 0.469 e. The summed E-state index contributed by atoms with van der Waals surface area (Å²) in [7, 11) is -4.73. The lowest BCUT2D eigenvalue weighted by atomic mass is 9.88. The number of aliphatic hydroxyl groups is 2. The number of allylic oxidation sites excluding steroid dienone is 1. The topological polar surface area (TPSA) is 160 Å². The summed E-state index contributed by atoms with van der Waals surface area (Å²) in [5, 5.41) is 20.6. The van der Waals surface area contributed by atoms with Crippen LogP contribution in [-0.4, -0.2) is 63.3 Å². The highest BCUT2D eigenvalue weighted by Crippen LogP contribution is 2.36. The number of ether oxygens (including phenoxy) is 2. The van der Waals surface area contributed by atoms with Crippen molar-refractivity contribution in [3.05, 3.63) is 24.5 Å². The van der Waals surface area contributed by atoms with Crippen molar-refractivity contribution in [3.63, 3.8) is 0 Å². The Morgan fingerprint density at radius 1 is 0.840 bits per heavy atom. The predicted octanol–water partition coefficient (Wildman–Crippen LogP) is 9.03. The molecule has 0 aliphatic heterocycles. The second-order valence-corrected chi connectivity index (χ2v) is 15.3. The van der Waals surface area contributed by atoms with E-state index < -0.39 is 38.7 Å². The van der Waals surface area contributed by atoms with Crippen LogP contribution in [0.15, 0.2) is 24.5 Å². The molecule has 1 rings (SSSR count). The van der Waals surface area contributed by atoms with Gasteiger partial charge in [0.1, 0.15) is 12.4 Å².